The van der Waals surface area contributed by atoms with Gasteiger partial charge in [-0.3, -0.25) is 4.79 Å². The predicted octanol–water partition coefficient (Wildman–Crippen LogP) is 1.23. The lowest BCUT2D eigenvalue weighted by Gasteiger charge is -2.18. The van der Waals surface area contributed by atoms with Crippen molar-refractivity contribution in [2.75, 3.05) is 31.4 Å². The largest absolute Gasteiger partial charge is 0.486 e. The van der Waals surface area contributed by atoms with Crippen LogP contribution in [-0.2, 0) is 17.4 Å². The Morgan fingerprint density at radius 1 is 1.26 bits per heavy atom. The fraction of sp³-hybridized carbons (Fsp3) is 0.400. The van der Waals surface area contributed by atoms with Crippen LogP contribution in [0.1, 0.15) is 11.4 Å². The standard InChI is InChI=1S/C15H16F3N5O3S/c16-15(17,18)13-21-22-14(23(13)19)27-8-12(24)20-4-3-9-1-2-10-11(7-9)26-6-5-25-10/h1-2,7H,3-6,8,19H2,(H,20,24). The van der Waals surface area contributed by atoms with Gasteiger partial charge >= 0.3 is 6.18 Å². The number of nitrogens with zero attached hydrogens (tertiary/aromatic N) is 3. The average molecular weight is 403 g/mol. The van der Waals surface area contributed by atoms with Gasteiger partial charge in [0.15, 0.2) is 11.5 Å². The van der Waals surface area contributed by atoms with Gasteiger partial charge in [-0.2, -0.15) is 13.2 Å². The van der Waals surface area contributed by atoms with Crippen molar-refractivity contribution in [3.05, 3.63) is 29.6 Å². The minimum absolute atomic E-state index is 0.131. The van der Waals surface area contributed by atoms with Crippen LogP contribution in [-0.4, -0.2) is 46.3 Å². The summed E-state index contributed by atoms with van der Waals surface area (Å²) in [5.41, 5.74) is 0.962. The molecule has 3 rings (SSSR count). The third-order valence-electron chi connectivity index (χ3n) is 3.59. The van der Waals surface area contributed by atoms with Crippen LogP contribution in [0.3, 0.4) is 0 Å². The van der Waals surface area contributed by atoms with E-state index in [2.05, 4.69) is 15.5 Å². The van der Waals surface area contributed by atoms with E-state index in [1.54, 1.807) is 0 Å². The normalized spacial score (nSPS) is 13.4. The minimum Gasteiger partial charge on any atom is -0.486 e. The number of benzene rings is 1. The molecule has 0 unspecified atom stereocenters. The molecule has 12 heteroatoms. The van der Waals surface area contributed by atoms with Gasteiger partial charge in [0.25, 0.3) is 5.82 Å². The third kappa shape index (κ3) is 4.76. The summed E-state index contributed by atoms with van der Waals surface area (Å²) in [4.78, 5) is 11.9. The predicted molar refractivity (Wildman–Crippen MR) is 90.0 cm³/mol. The molecule has 0 aliphatic carbocycles. The summed E-state index contributed by atoms with van der Waals surface area (Å²) in [6.07, 6.45) is -4.13. The van der Waals surface area contributed by atoms with Gasteiger partial charge in [0.1, 0.15) is 13.2 Å². The SMILES string of the molecule is Nn1c(SCC(=O)NCCc2ccc3c(c2)OCCO3)nnc1C(F)(F)F. The second-order valence-corrected chi connectivity index (χ2v) is 6.48. The molecule has 1 aromatic heterocycles. The molecule has 0 radical (unpaired) electrons. The monoisotopic (exact) mass is 403 g/mol. The lowest BCUT2D eigenvalue weighted by atomic mass is 10.1. The maximum Gasteiger partial charge on any atom is 0.453 e. The van der Waals surface area contributed by atoms with Gasteiger partial charge in [-0.25, -0.2) is 4.68 Å². The highest BCUT2D eigenvalue weighted by Gasteiger charge is 2.38. The second-order valence-electron chi connectivity index (χ2n) is 5.54. The molecule has 1 aliphatic rings. The highest BCUT2D eigenvalue weighted by atomic mass is 32.2. The summed E-state index contributed by atoms with van der Waals surface area (Å²) in [5.74, 6) is 4.86. The van der Waals surface area contributed by atoms with Gasteiger partial charge < -0.3 is 20.6 Å². The summed E-state index contributed by atoms with van der Waals surface area (Å²) in [5, 5.41) is 8.83. The average Bonchev–Trinajstić information content (AvgIpc) is 3.01. The van der Waals surface area contributed by atoms with Gasteiger partial charge in [-0.15, -0.1) is 10.2 Å². The fourth-order valence-electron chi connectivity index (χ4n) is 2.34. The molecule has 146 valence electrons. The topological polar surface area (TPSA) is 104 Å². The first-order chi connectivity index (χ1) is 12.8. The first-order valence-corrected chi connectivity index (χ1v) is 8.89. The van der Waals surface area contributed by atoms with Gasteiger partial charge in [0.05, 0.1) is 5.75 Å². The van der Waals surface area contributed by atoms with Crippen molar-refractivity contribution in [2.24, 2.45) is 0 Å². The third-order valence-corrected chi connectivity index (χ3v) is 4.54. The minimum atomic E-state index is -4.70. The van der Waals surface area contributed by atoms with E-state index >= 15 is 0 Å². The Bertz CT molecular complexity index is 828. The van der Waals surface area contributed by atoms with Gasteiger partial charge in [-0.05, 0) is 24.1 Å². The van der Waals surface area contributed by atoms with E-state index in [0.29, 0.717) is 42.4 Å². The van der Waals surface area contributed by atoms with Gasteiger partial charge in [0.2, 0.25) is 11.1 Å². The zero-order chi connectivity index (χ0) is 19.4. The molecule has 0 atom stereocenters. The molecule has 1 aromatic carbocycles. The zero-order valence-electron chi connectivity index (χ0n) is 14.0. The number of alkyl halides is 3. The first-order valence-electron chi connectivity index (χ1n) is 7.90. The number of carbonyl (C=O) groups is 1. The highest BCUT2D eigenvalue weighted by Crippen LogP contribution is 2.31. The Morgan fingerprint density at radius 3 is 2.70 bits per heavy atom. The summed E-state index contributed by atoms with van der Waals surface area (Å²) in [7, 11) is 0. The van der Waals surface area contributed by atoms with E-state index < -0.39 is 12.0 Å². The van der Waals surface area contributed by atoms with E-state index in [4.69, 9.17) is 15.3 Å². The van der Waals surface area contributed by atoms with Gasteiger partial charge in [0, 0.05) is 6.54 Å². The maximum absolute atomic E-state index is 12.6. The van der Waals surface area contributed by atoms with Crippen LogP contribution in [0.4, 0.5) is 13.2 Å². The summed E-state index contributed by atoms with van der Waals surface area (Å²) in [6, 6.07) is 5.54. The molecule has 27 heavy (non-hydrogen) atoms. The van der Waals surface area contributed by atoms with Crippen molar-refractivity contribution in [1.82, 2.24) is 20.2 Å². The number of halogens is 3. The van der Waals surface area contributed by atoms with Crippen molar-refractivity contribution in [3.8, 4) is 11.5 Å². The summed E-state index contributed by atoms with van der Waals surface area (Å²) in [6.45, 7) is 1.37. The van der Waals surface area contributed by atoms with Crippen molar-refractivity contribution in [2.45, 2.75) is 17.8 Å². The van der Waals surface area contributed by atoms with Crippen LogP contribution in [0, 0.1) is 0 Å². The van der Waals surface area contributed by atoms with E-state index in [1.807, 2.05) is 18.2 Å². The zero-order valence-corrected chi connectivity index (χ0v) is 14.8. The number of fused-ring (bicyclic) bond motifs is 1. The van der Waals surface area contributed by atoms with E-state index in [0.717, 1.165) is 17.3 Å². The van der Waals surface area contributed by atoms with Crippen LogP contribution in [0.15, 0.2) is 23.4 Å². The molecule has 3 N–H and O–H groups in total. The van der Waals surface area contributed by atoms with Crippen molar-refractivity contribution < 1.29 is 27.4 Å². The van der Waals surface area contributed by atoms with Crippen molar-refractivity contribution >= 4 is 17.7 Å². The van der Waals surface area contributed by atoms with Crippen molar-refractivity contribution in [1.29, 1.82) is 0 Å². The Morgan fingerprint density at radius 2 is 2.00 bits per heavy atom. The molecule has 1 aliphatic heterocycles. The van der Waals surface area contributed by atoms with Crippen LogP contribution in [0.2, 0.25) is 0 Å². The van der Waals surface area contributed by atoms with Crippen LogP contribution >= 0.6 is 11.8 Å². The second kappa shape index (κ2) is 7.94. The number of nitrogens with two attached hydrogens (primary N) is 1. The number of thioether (sulfide) groups is 1. The number of amides is 1. The quantitative estimate of drug-likeness (QED) is 0.552. The highest BCUT2D eigenvalue weighted by molar-refractivity contribution is 7.99. The molecule has 0 bridgehead atoms. The Balaban J connectivity index is 1.45. The van der Waals surface area contributed by atoms with E-state index in [-0.39, 0.29) is 16.8 Å². The fourth-order valence-corrected chi connectivity index (χ4v) is 3.03. The molecular weight excluding hydrogens is 387 g/mol. The maximum atomic E-state index is 12.6. The lowest BCUT2D eigenvalue weighted by Crippen LogP contribution is -2.28. The lowest BCUT2D eigenvalue weighted by molar-refractivity contribution is -0.146. The van der Waals surface area contributed by atoms with Crippen LogP contribution < -0.4 is 20.6 Å². The molecule has 0 spiro atoms. The number of rotatable bonds is 6. The number of ether oxygens (including phenoxy) is 2. The molecule has 2 aromatic rings. The molecule has 2 heterocycles. The van der Waals surface area contributed by atoms with Crippen LogP contribution in [0.5, 0.6) is 11.5 Å². The number of nitrogens with one attached hydrogen (secondary N) is 1. The molecule has 1 amide bonds. The number of carbonyl (C=O) groups excluding carboxylic acids is 1. The smallest absolute Gasteiger partial charge is 0.453 e. The van der Waals surface area contributed by atoms with Gasteiger partial charge in [-0.1, -0.05) is 17.8 Å². The first kappa shape index (κ1) is 19.1. The number of hydrogen-bond acceptors (Lipinski definition) is 7. The summed E-state index contributed by atoms with van der Waals surface area (Å²) < 4.78 is 49.0. The molecular formula is C15H16F3N5O3S. The van der Waals surface area contributed by atoms with E-state index in [1.165, 1.54) is 0 Å². The molecule has 0 fully saturated rings. The molecule has 0 saturated heterocycles. The number of aromatic nitrogens is 3. The Labute approximate surface area is 156 Å². The van der Waals surface area contributed by atoms with E-state index in [9.17, 15) is 18.0 Å². The van der Waals surface area contributed by atoms with Crippen LogP contribution in [0.25, 0.3) is 0 Å². The van der Waals surface area contributed by atoms with Crippen molar-refractivity contribution in [3.63, 3.8) is 0 Å². The Hall–Kier alpha value is -2.63. The molecule has 0 saturated carbocycles. The number of hydrogen-bond donors (Lipinski definition) is 2. The summed E-state index contributed by atoms with van der Waals surface area (Å²) >= 11 is 0.773. The molecule has 8 nitrogen and oxygen atoms in total. The number of nitrogen functional groups attached to an aromatic ring is 1. The Kier molecular flexibility index (Phi) is 5.63.